The van der Waals surface area contributed by atoms with Gasteiger partial charge in [-0.15, -0.1) is 11.3 Å². The number of hydrogen-bond donors (Lipinski definition) is 2. The Labute approximate surface area is 199 Å². The number of aromatic nitrogens is 2. The van der Waals surface area contributed by atoms with E-state index in [-0.39, 0.29) is 18.3 Å². The van der Waals surface area contributed by atoms with Gasteiger partial charge in [0.15, 0.2) is 5.11 Å². The first-order valence-electron chi connectivity index (χ1n) is 10.3. The van der Waals surface area contributed by atoms with Crippen LogP contribution in [-0.2, 0) is 24.1 Å². The molecule has 2 heterocycles. The third-order valence-corrected chi connectivity index (χ3v) is 6.92. The molecule has 0 amide bonds. The molecule has 0 radical (unpaired) electrons. The number of ether oxygens (including phenoxy) is 1. The van der Waals surface area contributed by atoms with Gasteiger partial charge in [0.1, 0.15) is 10.8 Å². The van der Waals surface area contributed by atoms with Crippen LogP contribution in [0, 0.1) is 5.82 Å². The van der Waals surface area contributed by atoms with Crippen molar-refractivity contribution in [1.29, 1.82) is 0 Å². The molecule has 0 saturated carbocycles. The lowest BCUT2D eigenvalue weighted by molar-refractivity contribution is 0.0526. The van der Waals surface area contributed by atoms with Crippen LogP contribution in [0.3, 0.4) is 0 Å². The van der Waals surface area contributed by atoms with Gasteiger partial charge in [-0.1, -0.05) is 17.7 Å². The van der Waals surface area contributed by atoms with Crippen molar-refractivity contribution in [3.8, 4) is 0 Å². The van der Waals surface area contributed by atoms with Crippen molar-refractivity contribution in [2.45, 2.75) is 39.2 Å². The molecule has 1 aliphatic carbocycles. The summed E-state index contributed by atoms with van der Waals surface area (Å²) >= 11 is 13.1. The molecule has 6 nitrogen and oxygen atoms in total. The summed E-state index contributed by atoms with van der Waals surface area (Å²) in [7, 11) is 0. The van der Waals surface area contributed by atoms with Gasteiger partial charge in [0, 0.05) is 21.7 Å². The van der Waals surface area contributed by atoms with Gasteiger partial charge < -0.3 is 15.4 Å². The zero-order valence-corrected chi connectivity index (χ0v) is 19.8. The van der Waals surface area contributed by atoms with Gasteiger partial charge in [-0.25, -0.2) is 9.18 Å². The van der Waals surface area contributed by atoms with Gasteiger partial charge in [-0.2, -0.15) is 5.10 Å². The number of thiocarbonyl (C=S) groups is 1. The molecular formula is C22H22ClFN4O2S2. The quantitative estimate of drug-likeness (QED) is 0.342. The highest BCUT2D eigenvalue weighted by molar-refractivity contribution is 7.80. The summed E-state index contributed by atoms with van der Waals surface area (Å²) in [4.78, 5) is 13.8. The summed E-state index contributed by atoms with van der Waals surface area (Å²) in [5.41, 5.74) is 2.65. The molecule has 0 bridgehead atoms. The molecule has 2 aromatic heterocycles. The predicted molar refractivity (Wildman–Crippen MR) is 129 cm³/mol. The molecule has 0 fully saturated rings. The maximum atomic E-state index is 14.0. The van der Waals surface area contributed by atoms with E-state index in [4.69, 9.17) is 28.6 Å². The van der Waals surface area contributed by atoms with Crippen LogP contribution in [0.5, 0.6) is 0 Å². The Morgan fingerprint density at radius 1 is 1.34 bits per heavy atom. The topological polar surface area (TPSA) is 68.2 Å². The molecule has 0 spiro atoms. The van der Waals surface area contributed by atoms with Crippen LogP contribution in [0.25, 0.3) is 0 Å². The Morgan fingerprint density at radius 2 is 2.16 bits per heavy atom. The van der Waals surface area contributed by atoms with Gasteiger partial charge in [0.25, 0.3) is 0 Å². The Hall–Kier alpha value is -2.49. The average molecular weight is 493 g/mol. The van der Waals surface area contributed by atoms with Gasteiger partial charge in [-0.3, -0.25) is 4.68 Å². The van der Waals surface area contributed by atoms with Crippen LogP contribution in [0.4, 0.5) is 15.1 Å². The van der Waals surface area contributed by atoms with Crippen molar-refractivity contribution in [2.24, 2.45) is 0 Å². The second kappa shape index (κ2) is 9.97. The number of rotatable bonds is 6. The van der Waals surface area contributed by atoms with Crippen LogP contribution in [0.1, 0.15) is 46.1 Å². The normalized spacial score (nSPS) is 12.8. The van der Waals surface area contributed by atoms with Crippen molar-refractivity contribution in [1.82, 2.24) is 9.78 Å². The number of benzene rings is 1. The standard InChI is InChI=1S/C22H22ClFN4O2S2/c1-2-30-21(29)19-14-6-3-4-9-18(14)32-20(19)27-22(31)26-13-10-25-28(11-13)12-15-16(23)7-5-8-17(15)24/h5,7-8,10-11H,2-4,6,9,12H2,1H3,(H2,26,27,31). The van der Waals surface area contributed by atoms with Crippen LogP contribution in [0.15, 0.2) is 30.6 Å². The van der Waals surface area contributed by atoms with E-state index in [1.807, 2.05) is 0 Å². The number of nitrogens with zero attached hydrogens (tertiary/aromatic N) is 2. The van der Waals surface area contributed by atoms with Gasteiger partial charge >= 0.3 is 5.97 Å². The molecule has 0 aliphatic heterocycles. The highest BCUT2D eigenvalue weighted by atomic mass is 35.5. The number of esters is 1. The first-order valence-corrected chi connectivity index (χ1v) is 11.9. The molecule has 4 rings (SSSR count). The van der Waals surface area contributed by atoms with E-state index in [2.05, 4.69) is 15.7 Å². The van der Waals surface area contributed by atoms with E-state index in [9.17, 15) is 9.18 Å². The summed E-state index contributed by atoms with van der Waals surface area (Å²) in [5.74, 6) is -0.709. The lowest BCUT2D eigenvalue weighted by Gasteiger charge is -2.13. The molecule has 1 aliphatic rings. The van der Waals surface area contributed by atoms with E-state index in [1.165, 1.54) is 10.9 Å². The summed E-state index contributed by atoms with van der Waals surface area (Å²) < 4.78 is 20.9. The number of carbonyl (C=O) groups is 1. The van der Waals surface area contributed by atoms with E-state index < -0.39 is 0 Å². The predicted octanol–water partition coefficient (Wildman–Crippen LogP) is 5.65. The molecule has 1 aromatic carbocycles. The number of hydrogen-bond acceptors (Lipinski definition) is 5. The van der Waals surface area contributed by atoms with Crippen molar-refractivity contribution in [3.05, 3.63) is 63.0 Å². The molecule has 32 heavy (non-hydrogen) atoms. The first kappa shape index (κ1) is 22.7. The Bertz CT molecular complexity index is 1140. The van der Waals surface area contributed by atoms with Crippen molar-refractivity contribution < 1.29 is 13.9 Å². The molecular weight excluding hydrogens is 471 g/mol. The smallest absolute Gasteiger partial charge is 0.341 e. The maximum absolute atomic E-state index is 14.0. The summed E-state index contributed by atoms with van der Waals surface area (Å²) in [6.07, 6.45) is 7.30. The van der Waals surface area contributed by atoms with Gasteiger partial charge in [-0.05, 0) is 62.5 Å². The number of carbonyl (C=O) groups excluding carboxylic acids is 1. The number of halogens is 2. The fraction of sp³-hybridized carbons (Fsp3) is 0.318. The van der Waals surface area contributed by atoms with Crippen LogP contribution >= 0.6 is 35.2 Å². The van der Waals surface area contributed by atoms with E-state index in [0.29, 0.717) is 38.6 Å². The molecule has 10 heteroatoms. The Kier molecular flexibility index (Phi) is 7.07. The van der Waals surface area contributed by atoms with Crippen LogP contribution < -0.4 is 10.6 Å². The average Bonchev–Trinajstić information content (AvgIpc) is 3.34. The van der Waals surface area contributed by atoms with E-state index in [0.717, 1.165) is 31.2 Å². The van der Waals surface area contributed by atoms with Gasteiger partial charge in [0.05, 0.1) is 30.6 Å². The fourth-order valence-electron chi connectivity index (χ4n) is 3.70. The largest absolute Gasteiger partial charge is 0.462 e. The maximum Gasteiger partial charge on any atom is 0.341 e. The van der Waals surface area contributed by atoms with Crippen molar-refractivity contribution in [2.75, 3.05) is 17.2 Å². The summed E-state index contributed by atoms with van der Waals surface area (Å²) in [6.45, 7) is 2.30. The van der Waals surface area contributed by atoms with E-state index in [1.54, 1.807) is 47.5 Å². The highest BCUT2D eigenvalue weighted by Crippen LogP contribution is 2.38. The Balaban J connectivity index is 1.47. The zero-order valence-electron chi connectivity index (χ0n) is 17.4. The third kappa shape index (κ3) is 4.95. The Morgan fingerprint density at radius 3 is 2.94 bits per heavy atom. The minimum absolute atomic E-state index is 0.192. The number of fused-ring (bicyclic) bond motifs is 1. The van der Waals surface area contributed by atoms with E-state index >= 15 is 0 Å². The number of nitrogens with one attached hydrogen (secondary N) is 2. The number of thiophene rings is 1. The second-order valence-electron chi connectivity index (χ2n) is 7.34. The minimum atomic E-state index is -0.382. The lowest BCUT2D eigenvalue weighted by Crippen LogP contribution is -2.20. The lowest BCUT2D eigenvalue weighted by atomic mass is 9.95. The zero-order chi connectivity index (χ0) is 22.7. The molecule has 3 aromatic rings. The third-order valence-electron chi connectivity index (χ3n) is 5.15. The molecule has 0 atom stereocenters. The summed E-state index contributed by atoms with van der Waals surface area (Å²) in [6, 6.07) is 4.57. The fourth-order valence-corrected chi connectivity index (χ4v) is 5.49. The molecule has 0 saturated heterocycles. The van der Waals surface area contributed by atoms with Gasteiger partial charge in [0.2, 0.25) is 0 Å². The molecule has 168 valence electrons. The molecule has 2 N–H and O–H groups in total. The minimum Gasteiger partial charge on any atom is -0.462 e. The second-order valence-corrected chi connectivity index (χ2v) is 9.26. The molecule has 0 unspecified atom stereocenters. The first-order chi connectivity index (χ1) is 15.5. The number of aryl methyl sites for hydroxylation is 1. The highest BCUT2D eigenvalue weighted by Gasteiger charge is 2.26. The van der Waals surface area contributed by atoms with Crippen molar-refractivity contribution in [3.63, 3.8) is 0 Å². The SMILES string of the molecule is CCOC(=O)c1c(NC(=S)Nc2cnn(Cc3c(F)cccc3Cl)c2)sc2c1CCCC2. The monoisotopic (exact) mass is 492 g/mol. The van der Waals surface area contributed by atoms with Crippen LogP contribution in [-0.4, -0.2) is 27.5 Å². The van der Waals surface area contributed by atoms with Crippen molar-refractivity contribution >= 4 is 56.9 Å². The van der Waals surface area contributed by atoms with Crippen LogP contribution in [0.2, 0.25) is 5.02 Å². The summed E-state index contributed by atoms with van der Waals surface area (Å²) in [5, 5.41) is 11.8. The number of anilines is 2.